The number of alkyl halides is 1. The first kappa shape index (κ1) is 14.0. The number of hydrogen-bond acceptors (Lipinski definition) is 2. The molecule has 2 aliphatic rings. The number of piperidine rings is 1. The van der Waals surface area contributed by atoms with Gasteiger partial charge in [-0.25, -0.2) is 8.78 Å². The Morgan fingerprint density at radius 3 is 2.50 bits per heavy atom. The standard InChI is InChI=1S/C16H22F2N2/c17-13-4-1-11(2-5-13)12-3-6-16(7-12)20-9-14(18)8-15(19)10-20/h1-2,4-5,12,14-16H,3,6-10,19H2/t12-,14?,15?,16+/m0/s1. The molecule has 0 amide bonds. The molecule has 4 atom stereocenters. The van der Waals surface area contributed by atoms with Gasteiger partial charge in [0.15, 0.2) is 0 Å². The van der Waals surface area contributed by atoms with Gasteiger partial charge in [-0.05, 0) is 49.3 Å². The first-order valence-corrected chi connectivity index (χ1v) is 7.51. The number of rotatable bonds is 2. The minimum atomic E-state index is -0.788. The molecule has 2 nitrogen and oxygen atoms in total. The Kier molecular flexibility index (Phi) is 4.03. The van der Waals surface area contributed by atoms with Crippen molar-refractivity contribution in [3.05, 3.63) is 35.6 Å². The van der Waals surface area contributed by atoms with E-state index in [4.69, 9.17) is 5.73 Å². The van der Waals surface area contributed by atoms with Gasteiger partial charge >= 0.3 is 0 Å². The van der Waals surface area contributed by atoms with Gasteiger partial charge in [-0.2, -0.15) is 0 Å². The quantitative estimate of drug-likeness (QED) is 0.902. The molecule has 0 spiro atoms. The third kappa shape index (κ3) is 3.01. The van der Waals surface area contributed by atoms with Crippen molar-refractivity contribution >= 4 is 0 Å². The van der Waals surface area contributed by atoms with Crippen LogP contribution in [-0.2, 0) is 0 Å². The number of nitrogens with zero attached hydrogens (tertiary/aromatic N) is 1. The average Bonchev–Trinajstić information content (AvgIpc) is 2.88. The highest BCUT2D eigenvalue weighted by Crippen LogP contribution is 2.37. The minimum Gasteiger partial charge on any atom is -0.326 e. The molecule has 1 aliphatic carbocycles. The van der Waals surface area contributed by atoms with Crippen molar-refractivity contribution in [3.8, 4) is 0 Å². The van der Waals surface area contributed by atoms with E-state index in [1.165, 1.54) is 17.7 Å². The molecule has 20 heavy (non-hydrogen) atoms. The first-order chi connectivity index (χ1) is 9.61. The van der Waals surface area contributed by atoms with Gasteiger partial charge in [0.1, 0.15) is 12.0 Å². The van der Waals surface area contributed by atoms with Gasteiger partial charge < -0.3 is 5.73 Å². The van der Waals surface area contributed by atoms with E-state index in [1.54, 1.807) is 0 Å². The number of benzene rings is 1. The summed E-state index contributed by atoms with van der Waals surface area (Å²) in [7, 11) is 0. The van der Waals surface area contributed by atoms with Crippen molar-refractivity contribution in [1.82, 2.24) is 4.90 Å². The van der Waals surface area contributed by atoms with Crippen LogP contribution in [0.2, 0.25) is 0 Å². The smallest absolute Gasteiger partial charge is 0.123 e. The van der Waals surface area contributed by atoms with E-state index in [-0.39, 0.29) is 11.9 Å². The van der Waals surface area contributed by atoms with E-state index in [9.17, 15) is 8.78 Å². The Morgan fingerprint density at radius 1 is 1.05 bits per heavy atom. The molecule has 1 saturated heterocycles. The van der Waals surface area contributed by atoms with E-state index in [0.29, 0.717) is 24.9 Å². The second-order valence-electron chi connectivity index (χ2n) is 6.26. The summed E-state index contributed by atoms with van der Waals surface area (Å²) in [5.74, 6) is 0.280. The number of nitrogens with two attached hydrogens (primary N) is 1. The van der Waals surface area contributed by atoms with E-state index >= 15 is 0 Å². The minimum absolute atomic E-state index is 0.0383. The Hall–Kier alpha value is -1.00. The molecule has 0 bridgehead atoms. The van der Waals surface area contributed by atoms with E-state index < -0.39 is 6.17 Å². The van der Waals surface area contributed by atoms with Crippen LogP contribution in [0.4, 0.5) is 8.78 Å². The number of likely N-dealkylation sites (tertiary alicyclic amines) is 1. The zero-order valence-corrected chi connectivity index (χ0v) is 11.6. The van der Waals surface area contributed by atoms with Gasteiger partial charge in [-0.3, -0.25) is 4.90 Å². The fourth-order valence-electron chi connectivity index (χ4n) is 3.73. The van der Waals surface area contributed by atoms with Crippen LogP contribution >= 0.6 is 0 Å². The molecule has 1 aromatic carbocycles. The van der Waals surface area contributed by atoms with Gasteiger partial charge in [-0.1, -0.05) is 12.1 Å². The first-order valence-electron chi connectivity index (χ1n) is 7.51. The van der Waals surface area contributed by atoms with Gasteiger partial charge in [0.2, 0.25) is 0 Å². The molecule has 4 heteroatoms. The summed E-state index contributed by atoms with van der Waals surface area (Å²) in [6.07, 6.45) is 2.92. The summed E-state index contributed by atoms with van der Waals surface area (Å²) in [5, 5.41) is 0. The maximum atomic E-state index is 13.6. The van der Waals surface area contributed by atoms with Crippen LogP contribution in [0.15, 0.2) is 24.3 Å². The lowest BCUT2D eigenvalue weighted by Crippen LogP contribution is -2.51. The zero-order valence-electron chi connectivity index (χ0n) is 11.6. The van der Waals surface area contributed by atoms with Crippen molar-refractivity contribution < 1.29 is 8.78 Å². The highest BCUT2D eigenvalue weighted by molar-refractivity contribution is 5.22. The van der Waals surface area contributed by atoms with Gasteiger partial charge in [0, 0.05) is 25.2 Å². The highest BCUT2D eigenvalue weighted by Gasteiger charge is 2.34. The summed E-state index contributed by atoms with van der Waals surface area (Å²) in [5.41, 5.74) is 7.12. The van der Waals surface area contributed by atoms with Crippen LogP contribution in [0.25, 0.3) is 0 Å². The monoisotopic (exact) mass is 280 g/mol. The summed E-state index contributed by atoms with van der Waals surface area (Å²) in [6, 6.07) is 7.19. The van der Waals surface area contributed by atoms with Crippen LogP contribution in [-0.4, -0.2) is 36.2 Å². The molecular formula is C16H22F2N2. The summed E-state index contributed by atoms with van der Waals surface area (Å²) in [4.78, 5) is 2.22. The fourth-order valence-corrected chi connectivity index (χ4v) is 3.73. The highest BCUT2D eigenvalue weighted by atomic mass is 19.1. The molecule has 2 fully saturated rings. The molecule has 1 saturated carbocycles. The van der Waals surface area contributed by atoms with E-state index in [2.05, 4.69) is 4.90 Å². The van der Waals surface area contributed by atoms with Crippen LogP contribution in [0.3, 0.4) is 0 Å². The molecule has 2 N–H and O–H groups in total. The molecule has 0 radical (unpaired) electrons. The molecule has 1 aliphatic heterocycles. The van der Waals surface area contributed by atoms with E-state index in [1.807, 2.05) is 12.1 Å². The third-order valence-corrected chi connectivity index (χ3v) is 4.72. The van der Waals surface area contributed by atoms with Crippen molar-refractivity contribution in [3.63, 3.8) is 0 Å². The Balaban J connectivity index is 1.63. The zero-order chi connectivity index (χ0) is 14.1. The van der Waals surface area contributed by atoms with Crippen LogP contribution in [0, 0.1) is 5.82 Å². The van der Waals surface area contributed by atoms with Crippen molar-refractivity contribution in [2.45, 2.75) is 49.9 Å². The van der Waals surface area contributed by atoms with Crippen molar-refractivity contribution in [2.24, 2.45) is 5.73 Å². The molecule has 3 rings (SSSR count). The van der Waals surface area contributed by atoms with Gasteiger partial charge in [0.25, 0.3) is 0 Å². The SMILES string of the molecule is NC1CC(F)CN([C@@H]2CC[C@H](c3ccc(F)cc3)C2)C1. The molecule has 110 valence electrons. The summed E-state index contributed by atoms with van der Waals surface area (Å²) in [6.45, 7) is 1.33. The Labute approximate surface area is 118 Å². The van der Waals surface area contributed by atoms with Crippen molar-refractivity contribution in [2.75, 3.05) is 13.1 Å². The average molecular weight is 280 g/mol. The van der Waals surface area contributed by atoms with Crippen LogP contribution < -0.4 is 5.73 Å². The second-order valence-corrected chi connectivity index (χ2v) is 6.26. The molecule has 2 unspecified atom stereocenters. The Morgan fingerprint density at radius 2 is 1.80 bits per heavy atom. The lowest BCUT2D eigenvalue weighted by molar-refractivity contribution is 0.0874. The van der Waals surface area contributed by atoms with Gasteiger partial charge in [-0.15, -0.1) is 0 Å². The predicted molar refractivity (Wildman–Crippen MR) is 75.8 cm³/mol. The summed E-state index contributed by atoms with van der Waals surface area (Å²) >= 11 is 0. The van der Waals surface area contributed by atoms with Crippen LogP contribution in [0.1, 0.15) is 37.2 Å². The largest absolute Gasteiger partial charge is 0.326 e. The lowest BCUT2D eigenvalue weighted by atomic mass is 9.96. The summed E-state index contributed by atoms with van der Waals surface area (Å²) < 4.78 is 26.6. The molecule has 1 heterocycles. The second kappa shape index (κ2) is 5.78. The topological polar surface area (TPSA) is 29.3 Å². The lowest BCUT2D eigenvalue weighted by Gasteiger charge is -2.37. The fraction of sp³-hybridized carbons (Fsp3) is 0.625. The molecule has 0 aromatic heterocycles. The molecular weight excluding hydrogens is 258 g/mol. The van der Waals surface area contributed by atoms with Crippen LogP contribution in [0.5, 0.6) is 0 Å². The third-order valence-electron chi connectivity index (χ3n) is 4.72. The number of hydrogen-bond donors (Lipinski definition) is 1. The number of halogens is 2. The molecule has 1 aromatic rings. The van der Waals surface area contributed by atoms with Gasteiger partial charge in [0.05, 0.1) is 0 Å². The Bertz CT molecular complexity index is 438. The van der Waals surface area contributed by atoms with E-state index in [0.717, 1.165) is 25.8 Å². The predicted octanol–water partition coefficient (Wildman–Crippen LogP) is 2.83. The maximum absolute atomic E-state index is 13.6. The normalized spacial score (nSPS) is 35.4. The van der Waals surface area contributed by atoms with Crippen molar-refractivity contribution in [1.29, 1.82) is 0 Å². The maximum Gasteiger partial charge on any atom is 0.123 e.